The van der Waals surface area contributed by atoms with Gasteiger partial charge in [0.2, 0.25) is 0 Å². The first-order chi connectivity index (χ1) is 11.7. The quantitative estimate of drug-likeness (QED) is 0.452. The zero-order chi connectivity index (χ0) is 17.2. The lowest BCUT2D eigenvalue weighted by Gasteiger charge is -2.05. The fraction of sp³-hybridized carbons (Fsp3) is 0.222. The Morgan fingerprint density at radius 1 is 1.17 bits per heavy atom. The number of carbonyl (C=O) groups is 1. The molecule has 0 amide bonds. The summed E-state index contributed by atoms with van der Waals surface area (Å²) in [6.07, 6.45) is 1.71. The van der Waals surface area contributed by atoms with Crippen LogP contribution in [0.25, 0.3) is 0 Å². The van der Waals surface area contributed by atoms with Crippen LogP contribution in [0.4, 0.5) is 0 Å². The molecule has 24 heavy (non-hydrogen) atoms. The number of hydrazone groups is 1. The number of nitrogens with one attached hydrogen (secondary N) is 1. The number of halogens is 1. The van der Waals surface area contributed by atoms with Crippen molar-refractivity contribution in [3.05, 3.63) is 64.7 Å². The summed E-state index contributed by atoms with van der Waals surface area (Å²) >= 11 is 5.84. The Morgan fingerprint density at radius 3 is 2.54 bits per heavy atom. The number of rotatable bonds is 8. The Kier molecular flexibility index (Phi) is 7.11. The lowest BCUT2D eigenvalue weighted by molar-refractivity contribution is -0.145. The maximum absolute atomic E-state index is 11.2. The van der Waals surface area contributed by atoms with Crippen LogP contribution in [0.2, 0.25) is 5.02 Å². The molecule has 0 aliphatic carbocycles. The lowest BCUT2D eigenvalue weighted by atomic mass is 10.2. The number of carbonyl (C=O) groups excluding carboxylic acids is 1. The van der Waals surface area contributed by atoms with Crippen molar-refractivity contribution in [3.8, 4) is 5.75 Å². The third kappa shape index (κ3) is 6.30. The van der Waals surface area contributed by atoms with Crippen molar-refractivity contribution in [2.24, 2.45) is 5.10 Å². The van der Waals surface area contributed by atoms with E-state index >= 15 is 0 Å². The molecule has 0 saturated heterocycles. The van der Waals surface area contributed by atoms with Gasteiger partial charge in [0.25, 0.3) is 0 Å². The predicted octanol–water partition coefficient (Wildman–Crippen LogP) is 3.41. The average molecular weight is 347 g/mol. The van der Waals surface area contributed by atoms with E-state index in [9.17, 15) is 4.79 Å². The van der Waals surface area contributed by atoms with Gasteiger partial charge in [0.05, 0.1) is 19.4 Å². The van der Waals surface area contributed by atoms with Crippen LogP contribution in [0, 0.1) is 0 Å². The van der Waals surface area contributed by atoms with Gasteiger partial charge in [-0.15, -0.1) is 0 Å². The largest absolute Gasteiger partial charge is 0.482 e. The van der Waals surface area contributed by atoms with E-state index in [1.165, 1.54) is 0 Å². The molecule has 0 spiro atoms. The van der Waals surface area contributed by atoms with Crippen LogP contribution in [0.1, 0.15) is 18.1 Å². The normalized spacial score (nSPS) is 10.6. The molecule has 0 radical (unpaired) electrons. The third-order valence-electron chi connectivity index (χ3n) is 3.04. The van der Waals surface area contributed by atoms with Crippen molar-refractivity contribution in [2.75, 3.05) is 13.2 Å². The molecule has 2 rings (SSSR count). The van der Waals surface area contributed by atoms with Crippen LogP contribution < -0.4 is 10.2 Å². The van der Waals surface area contributed by atoms with Gasteiger partial charge in [0, 0.05) is 5.02 Å². The smallest absolute Gasteiger partial charge is 0.344 e. The van der Waals surface area contributed by atoms with Gasteiger partial charge in [0.1, 0.15) is 5.75 Å². The first-order valence-corrected chi connectivity index (χ1v) is 7.94. The molecule has 0 saturated carbocycles. The van der Waals surface area contributed by atoms with Gasteiger partial charge < -0.3 is 14.9 Å². The fourth-order valence-corrected chi connectivity index (χ4v) is 1.98. The second-order valence-electron chi connectivity index (χ2n) is 4.88. The van der Waals surface area contributed by atoms with E-state index in [-0.39, 0.29) is 12.6 Å². The van der Waals surface area contributed by atoms with E-state index in [2.05, 4.69) is 10.5 Å². The zero-order valence-electron chi connectivity index (χ0n) is 13.4. The molecule has 2 aromatic rings. The molecule has 0 aromatic heterocycles. The maximum Gasteiger partial charge on any atom is 0.344 e. The number of benzene rings is 2. The van der Waals surface area contributed by atoms with Crippen LogP contribution in [-0.4, -0.2) is 25.4 Å². The van der Waals surface area contributed by atoms with Crippen molar-refractivity contribution in [3.63, 3.8) is 0 Å². The molecule has 126 valence electrons. The van der Waals surface area contributed by atoms with Crippen LogP contribution in [-0.2, 0) is 16.1 Å². The van der Waals surface area contributed by atoms with Gasteiger partial charge in [0.15, 0.2) is 6.61 Å². The van der Waals surface area contributed by atoms with E-state index in [4.69, 9.17) is 21.1 Å². The molecule has 0 unspecified atom stereocenters. The van der Waals surface area contributed by atoms with E-state index < -0.39 is 0 Å². The number of ether oxygens (including phenoxy) is 2. The standard InChI is InChI=1S/C18H19ClN2O3/c1-2-23-18(22)13-24-17-9-5-15(6-10-17)12-21-20-11-14-3-7-16(19)8-4-14/h3-10,12,20H,2,11,13H2,1H3/b21-12-. The summed E-state index contributed by atoms with van der Waals surface area (Å²) in [4.78, 5) is 11.2. The van der Waals surface area contributed by atoms with Gasteiger partial charge in [-0.25, -0.2) is 4.79 Å². The Balaban J connectivity index is 1.76. The molecule has 0 aliphatic heterocycles. The number of hydrogen-bond acceptors (Lipinski definition) is 5. The van der Waals surface area contributed by atoms with Gasteiger partial charge in [-0.05, 0) is 54.4 Å². The second-order valence-corrected chi connectivity index (χ2v) is 5.32. The summed E-state index contributed by atoms with van der Waals surface area (Å²) in [5.41, 5.74) is 4.99. The summed E-state index contributed by atoms with van der Waals surface area (Å²) in [5, 5.41) is 4.88. The highest BCUT2D eigenvalue weighted by Gasteiger charge is 2.02. The van der Waals surface area contributed by atoms with E-state index in [1.807, 2.05) is 36.4 Å². The number of hydrogen-bond donors (Lipinski definition) is 1. The van der Waals surface area contributed by atoms with Crippen molar-refractivity contribution in [1.82, 2.24) is 5.43 Å². The van der Waals surface area contributed by atoms with Crippen molar-refractivity contribution < 1.29 is 14.3 Å². The first-order valence-electron chi connectivity index (χ1n) is 7.56. The van der Waals surface area contributed by atoms with Gasteiger partial charge in [-0.1, -0.05) is 23.7 Å². The van der Waals surface area contributed by atoms with Crippen LogP contribution >= 0.6 is 11.6 Å². The fourth-order valence-electron chi connectivity index (χ4n) is 1.85. The molecule has 0 atom stereocenters. The molecular formula is C18H19ClN2O3. The molecule has 0 heterocycles. The van der Waals surface area contributed by atoms with Crippen LogP contribution in [0.15, 0.2) is 53.6 Å². The summed E-state index contributed by atoms with van der Waals surface area (Å²) < 4.78 is 10.1. The minimum atomic E-state index is -0.380. The lowest BCUT2D eigenvalue weighted by Crippen LogP contribution is -2.14. The molecule has 5 nitrogen and oxygen atoms in total. The molecule has 0 bridgehead atoms. The predicted molar refractivity (Wildman–Crippen MR) is 94.5 cm³/mol. The molecule has 6 heteroatoms. The highest BCUT2D eigenvalue weighted by molar-refractivity contribution is 6.30. The molecule has 1 N–H and O–H groups in total. The third-order valence-corrected chi connectivity index (χ3v) is 3.30. The van der Waals surface area contributed by atoms with E-state index in [0.29, 0.717) is 23.9 Å². The second kappa shape index (κ2) is 9.57. The van der Waals surface area contributed by atoms with Crippen molar-refractivity contribution in [1.29, 1.82) is 0 Å². The summed E-state index contributed by atoms with van der Waals surface area (Å²) in [7, 11) is 0. The Morgan fingerprint density at radius 2 is 1.88 bits per heavy atom. The van der Waals surface area contributed by atoms with Crippen LogP contribution in [0.5, 0.6) is 5.75 Å². The Hall–Kier alpha value is -2.53. The minimum Gasteiger partial charge on any atom is -0.482 e. The minimum absolute atomic E-state index is 0.0933. The highest BCUT2D eigenvalue weighted by Crippen LogP contribution is 2.11. The summed E-state index contributed by atoms with van der Waals surface area (Å²) in [6, 6.07) is 14.8. The number of nitrogens with zero attached hydrogens (tertiary/aromatic N) is 1. The van der Waals surface area contributed by atoms with E-state index in [0.717, 1.165) is 11.1 Å². The monoisotopic (exact) mass is 346 g/mol. The zero-order valence-corrected chi connectivity index (χ0v) is 14.1. The molecule has 0 fully saturated rings. The van der Waals surface area contributed by atoms with Crippen molar-refractivity contribution in [2.45, 2.75) is 13.5 Å². The molecule has 2 aromatic carbocycles. The number of esters is 1. The van der Waals surface area contributed by atoms with E-state index in [1.54, 1.807) is 25.3 Å². The highest BCUT2D eigenvalue weighted by atomic mass is 35.5. The molecule has 0 aliphatic rings. The van der Waals surface area contributed by atoms with Crippen LogP contribution in [0.3, 0.4) is 0 Å². The van der Waals surface area contributed by atoms with Gasteiger partial charge >= 0.3 is 5.97 Å². The molecular weight excluding hydrogens is 328 g/mol. The van der Waals surface area contributed by atoms with Crippen molar-refractivity contribution >= 4 is 23.8 Å². The maximum atomic E-state index is 11.2. The average Bonchev–Trinajstić information content (AvgIpc) is 2.60. The Bertz CT molecular complexity index is 670. The Labute approximate surface area is 146 Å². The summed E-state index contributed by atoms with van der Waals surface area (Å²) in [5.74, 6) is 0.226. The van der Waals surface area contributed by atoms with Gasteiger partial charge in [-0.2, -0.15) is 5.10 Å². The van der Waals surface area contributed by atoms with Gasteiger partial charge in [-0.3, -0.25) is 0 Å². The topological polar surface area (TPSA) is 59.9 Å². The summed E-state index contributed by atoms with van der Waals surface area (Å²) in [6.45, 7) is 2.63. The first kappa shape index (κ1) is 17.8. The SMILES string of the molecule is CCOC(=O)COc1ccc(/C=N\NCc2ccc(Cl)cc2)cc1.